The van der Waals surface area contributed by atoms with Gasteiger partial charge in [0.2, 0.25) is 0 Å². The molecule has 0 aromatic heterocycles. The zero-order chi connectivity index (χ0) is 53.5. The molecule has 0 heterocycles. The number of unbranched alkanes of at least 4 members (excludes halogenated alkanes) is 26. The molecule has 0 radical (unpaired) electrons. The van der Waals surface area contributed by atoms with E-state index in [1.54, 1.807) is 0 Å². The van der Waals surface area contributed by atoms with Gasteiger partial charge in [0, 0.05) is 12.8 Å². The van der Waals surface area contributed by atoms with Crippen LogP contribution >= 0.6 is 7.82 Å². The van der Waals surface area contributed by atoms with Gasteiger partial charge in [-0.2, -0.15) is 0 Å². The highest BCUT2D eigenvalue weighted by molar-refractivity contribution is 7.47. The van der Waals surface area contributed by atoms with E-state index < -0.39 is 26.5 Å². The molecular weight excluding hydrogens is 930 g/mol. The third kappa shape index (κ3) is 58.3. The maximum Gasteiger partial charge on any atom is 0.472 e. The number of carbonyl (C=O) groups is 2. The molecule has 0 saturated carbocycles. The van der Waals surface area contributed by atoms with E-state index in [-0.39, 0.29) is 32.0 Å². The number of nitrogens with zero attached hydrogens (tertiary/aromatic N) is 1. The van der Waals surface area contributed by atoms with Gasteiger partial charge in [-0.05, 0) is 89.9 Å². The van der Waals surface area contributed by atoms with Crippen LogP contribution in [0.5, 0.6) is 0 Å². The molecule has 0 spiro atoms. The molecule has 0 aromatic rings. The molecule has 0 saturated heterocycles. The van der Waals surface area contributed by atoms with Gasteiger partial charge in [0.05, 0.1) is 27.7 Å². The largest absolute Gasteiger partial charge is 0.472 e. The van der Waals surface area contributed by atoms with E-state index in [2.05, 4.69) is 98.9 Å². The lowest BCUT2D eigenvalue weighted by molar-refractivity contribution is -0.870. The molecule has 0 aliphatic carbocycles. The average Bonchev–Trinajstić information content (AvgIpc) is 3.35. The highest BCUT2D eigenvalue weighted by Gasteiger charge is 2.27. The summed E-state index contributed by atoms with van der Waals surface area (Å²) in [4.78, 5) is 35.7. The number of carbonyl (C=O) groups excluding carboxylic acids is 2. The Kier molecular flexibility index (Phi) is 51.9. The lowest BCUT2D eigenvalue weighted by atomic mass is 10.0. The fraction of sp³-hybridized carbons (Fsp3) is 0.746. The van der Waals surface area contributed by atoms with Crippen molar-refractivity contribution < 1.29 is 42.1 Å². The fourth-order valence-corrected chi connectivity index (χ4v) is 8.81. The molecule has 9 nitrogen and oxygen atoms in total. The number of phosphoric acid groups is 1. The summed E-state index contributed by atoms with van der Waals surface area (Å²) in [7, 11) is 1.47. The molecule has 0 bridgehead atoms. The van der Waals surface area contributed by atoms with E-state index in [4.69, 9.17) is 18.5 Å². The van der Waals surface area contributed by atoms with E-state index in [0.717, 1.165) is 96.3 Å². The van der Waals surface area contributed by atoms with E-state index in [1.807, 2.05) is 21.1 Å². The number of likely N-dealkylation sites (N-methyl/N-ethyl adjacent to an activating group) is 1. The molecule has 422 valence electrons. The first-order chi connectivity index (χ1) is 35.5. The Labute approximate surface area is 450 Å². The number of esters is 2. The number of allylic oxidation sites excluding steroid dienone is 14. The number of ether oxygens (including phenoxy) is 2. The number of hydrogen-bond donors (Lipinski definition) is 1. The van der Waals surface area contributed by atoms with E-state index in [9.17, 15) is 19.0 Å². The highest BCUT2D eigenvalue weighted by atomic mass is 31.2. The van der Waals surface area contributed by atoms with Gasteiger partial charge in [-0.15, -0.1) is 0 Å². The van der Waals surface area contributed by atoms with Crippen molar-refractivity contribution >= 4 is 19.8 Å². The van der Waals surface area contributed by atoms with Crippen LogP contribution in [-0.4, -0.2) is 74.9 Å². The van der Waals surface area contributed by atoms with Gasteiger partial charge in [-0.1, -0.05) is 234 Å². The number of phosphoric ester groups is 1. The van der Waals surface area contributed by atoms with Crippen molar-refractivity contribution in [3.63, 3.8) is 0 Å². The zero-order valence-electron chi connectivity index (χ0n) is 47.9. The van der Waals surface area contributed by atoms with Crippen LogP contribution in [0.4, 0.5) is 0 Å². The summed E-state index contributed by atoms with van der Waals surface area (Å²) in [6, 6.07) is 0. The molecule has 0 aromatic carbocycles. The molecule has 73 heavy (non-hydrogen) atoms. The van der Waals surface area contributed by atoms with Crippen LogP contribution in [-0.2, 0) is 32.7 Å². The van der Waals surface area contributed by atoms with Gasteiger partial charge in [-0.3, -0.25) is 18.6 Å². The van der Waals surface area contributed by atoms with Crippen molar-refractivity contribution in [3.05, 3.63) is 85.1 Å². The SMILES string of the molecule is CC/C=C\C/C=C\C/C=C\C/C=C\C/C=C\C/C=C\CCCCCCCCCCCCCCCCC(=O)OC(COC(=O)CCCCCCC/C=C\CCCCCCCCC)COP(=O)(O)OCC[N+](C)(C)C. The van der Waals surface area contributed by atoms with Crippen LogP contribution in [0.2, 0.25) is 0 Å². The lowest BCUT2D eigenvalue weighted by Gasteiger charge is -2.24. The molecule has 0 aliphatic rings. The summed E-state index contributed by atoms with van der Waals surface area (Å²) in [6.07, 6.45) is 72.3. The minimum atomic E-state index is -4.39. The summed E-state index contributed by atoms with van der Waals surface area (Å²) in [5, 5.41) is 0. The maximum absolute atomic E-state index is 12.8. The second-order valence-corrected chi connectivity index (χ2v) is 22.5. The summed E-state index contributed by atoms with van der Waals surface area (Å²) < 4.78 is 34.6. The monoisotopic (exact) mass is 1040 g/mol. The molecule has 10 heteroatoms. The molecule has 0 fully saturated rings. The third-order valence-electron chi connectivity index (χ3n) is 12.7. The average molecular weight is 1040 g/mol. The molecule has 2 atom stereocenters. The first-order valence-electron chi connectivity index (χ1n) is 29.8. The van der Waals surface area contributed by atoms with Gasteiger partial charge in [0.1, 0.15) is 19.8 Å². The standard InChI is InChI=1S/C63H112NO8P/c1-6-8-10-12-14-16-18-20-22-24-25-26-27-28-29-30-31-32-33-34-35-36-37-38-39-40-42-44-46-48-50-52-54-56-63(66)72-61(60-71-73(67,68)70-58-57-64(3,4)5)59-69-62(65)55-53-51-49-47-45-43-41-23-21-19-17-15-13-11-9-7-2/h8,10,14,16,20,22-23,25-26,28-29,31-32,41,61H,6-7,9,11-13,15,17-19,21,24,27,30,33-40,42-60H2,1-5H3/p+1/b10-8-,16-14-,22-20-,26-25-,29-28-,32-31-,41-23-. The Hall–Kier alpha value is -2.81. The summed E-state index contributed by atoms with van der Waals surface area (Å²) in [6.45, 7) is 4.32. The first-order valence-corrected chi connectivity index (χ1v) is 31.3. The molecule has 1 N–H and O–H groups in total. The number of hydrogen-bond acceptors (Lipinski definition) is 7. The van der Waals surface area contributed by atoms with Gasteiger partial charge < -0.3 is 18.9 Å². The van der Waals surface area contributed by atoms with E-state index >= 15 is 0 Å². The first kappa shape index (κ1) is 70.2. The fourth-order valence-electron chi connectivity index (χ4n) is 8.07. The second kappa shape index (κ2) is 54.0. The quantitative estimate of drug-likeness (QED) is 0.0211. The zero-order valence-corrected chi connectivity index (χ0v) is 48.7. The molecule has 2 unspecified atom stereocenters. The molecule has 0 rings (SSSR count). The summed E-state index contributed by atoms with van der Waals surface area (Å²) in [5.41, 5.74) is 0. The van der Waals surface area contributed by atoms with Gasteiger partial charge >= 0.3 is 19.8 Å². The van der Waals surface area contributed by atoms with Gasteiger partial charge in [-0.25, -0.2) is 4.57 Å². The third-order valence-corrected chi connectivity index (χ3v) is 13.6. The smallest absolute Gasteiger partial charge is 0.462 e. The maximum atomic E-state index is 12.8. The van der Waals surface area contributed by atoms with Crippen LogP contribution in [0.3, 0.4) is 0 Å². The minimum Gasteiger partial charge on any atom is -0.462 e. The van der Waals surface area contributed by atoms with Crippen LogP contribution in [0.1, 0.15) is 251 Å². The van der Waals surface area contributed by atoms with Gasteiger partial charge in [0.15, 0.2) is 6.10 Å². The van der Waals surface area contributed by atoms with E-state index in [0.29, 0.717) is 17.4 Å². The topological polar surface area (TPSA) is 108 Å². The van der Waals surface area contributed by atoms with E-state index in [1.165, 1.54) is 122 Å². The highest BCUT2D eigenvalue weighted by Crippen LogP contribution is 2.43. The van der Waals surface area contributed by atoms with Crippen LogP contribution in [0.15, 0.2) is 85.1 Å². The van der Waals surface area contributed by atoms with Crippen molar-refractivity contribution in [1.82, 2.24) is 0 Å². The van der Waals surface area contributed by atoms with Gasteiger partial charge in [0.25, 0.3) is 0 Å². The van der Waals surface area contributed by atoms with Crippen molar-refractivity contribution in [2.75, 3.05) is 47.5 Å². The van der Waals surface area contributed by atoms with Crippen molar-refractivity contribution in [2.45, 2.75) is 258 Å². The molecular formula is C63H113NO8P+. The Balaban J connectivity index is 4.10. The molecule has 0 amide bonds. The van der Waals surface area contributed by atoms with Crippen LogP contribution in [0, 0.1) is 0 Å². The predicted molar refractivity (Wildman–Crippen MR) is 312 cm³/mol. The Morgan fingerprint density at radius 3 is 1.18 bits per heavy atom. The Morgan fingerprint density at radius 2 is 0.781 bits per heavy atom. The number of quaternary nitrogens is 1. The number of rotatable bonds is 54. The van der Waals surface area contributed by atoms with Crippen molar-refractivity contribution in [2.24, 2.45) is 0 Å². The van der Waals surface area contributed by atoms with Crippen LogP contribution < -0.4 is 0 Å². The summed E-state index contributed by atoms with van der Waals surface area (Å²) in [5.74, 6) is -0.805. The second-order valence-electron chi connectivity index (χ2n) is 21.0. The normalized spacial score (nSPS) is 13.9. The van der Waals surface area contributed by atoms with Crippen molar-refractivity contribution in [3.8, 4) is 0 Å². The Morgan fingerprint density at radius 1 is 0.438 bits per heavy atom. The minimum absolute atomic E-state index is 0.0282. The van der Waals surface area contributed by atoms with Crippen molar-refractivity contribution in [1.29, 1.82) is 0 Å². The molecule has 0 aliphatic heterocycles. The predicted octanol–water partition coefficient (Wildman–Crippen LogP) is 18.6. The van der Waals surface area contributed by atoms with Crippen LogP contribution in [0.25, 0.3) is 0 Å². The Bertz CT molecular complexity index is 1510. The lowest BCUT2D eigenvalue weighted by Crippen LogP contribution is -2.37. The summed E-state index contributed by atoms with van der Waals surface area (Å²) >= 11 is 0.